The molecule has 0 bridgehead atoms. The van der Waals surface area contributed by atoms with Gasteiger partial charge in [-0.3, -0.25) is 0 Å². The van der Waals surface area contributed by atoms with Crippen molar-refractivity contribution in [3.05, 3.63) is 23.8 Å². The number of hydrogen-bond donors (Lipinski definition) is 2. The van der Waals surface area contributed by atoms with Gasteiger partial charge in [-0.05, 0) is 24.0 Å². The maximum Gasteiger partial charge on any atom is 0.0518 e. The number of thioether (sulfide) groups is 1. The highest BCUT2D eigenvalue weighted by molar-refractivity contribution is 8.00. The molecule has 0 amide bonds. The lowest BCUT2D eigenvalue weighted by molar-refractivity contribution is 0.587. The van der Waals surface area contributed by atoms with Gasteiger partial charge in [-0.15, -0.1) is 11.8 Å². The van der Waals surface area contributed by atoms with Crippen molar-refractivity contribution in [2.75, 3.05) is 11.9 Å². The predicted octanol–water partition coefficient (Wildman–Crippen LogP) is 3.22. The van der Waals surface area contributed by atoms with Gasteiger partial charge in [0.05, 0.1) is 5.69 Å². The Labute approximate surface area is 108 Å². The van der Waals surface area contributed by atoms with Crippen molar-refractivity contribution in [3.63, 3.8) is 0 Å². The molecule has 3 heteroatoms. The Kier molecular flexibility index (Phi) is 3.41. The third-order valence-corrected chi connectivity index (χ3v) is 4.77. The molecule has 2 unspecified atom stereocenters. The van der Waals surface area contributed by atoms with Gasteiger partial charge < -0.3 is 11.1 Å². The molecular formula is C14H22N2S. The lowest BCUT2D eigenvalue weighted by Crippen LogP contribution is -2.38. The molecule has 0 saturated carbocycles. The summed E-state index contributed by atoms with van der Waals surface area (Å²) in [4.78, 5) is 1.34. The summed E-state index contributed by atoms with van der Waals surface area (Å²) in [5, 5.41) is 4.11. The molecule has 2 atom stereocenters. The van der Waals surface area contributed by atoms with E-state index in [1.807, 2.05) is 11.8 Å². The van der Waals surface area contributed by atoms with Crippen LogP contribution in [0.4, 0.5) is 5.69 Å². The Bertz CT molecular complexity index is 409. The number of nitrogens with two attached hydrogens (primary N) is 1. The molecule has 3 N–H and O–H groups in total. The fourth-order valence-electron chi connectivity index (χ4n) is 2.24. The van der Waals surface area contributed by atoms with E-state index in [4.69, 9.17) is 5.73 Å². The zero-order chi connectivity index (χ0) is 12.6. The van der Waals surface area contributed by atoms with Gasteiger partial charge in [-0.1, -0.05) is 32.9 Å². The lowest BCUT2D eigenvalue weighted by Gasteiger charge is -2.35. The molecule has 0 aromatic heterocycles. The second kappa shape index (κ2) is 4.54. The van der Waals surface area contributed by atoms with Crippen molar-refractivity contribution in [3.8, 4) is 0 Å². The van der Waals surface area contributed by atoms with Crippen molar-refractivity contribution in [1.82, 2.24) is 0 Å². The minimum absolute atomic E-state index is 0.175. The van der Waals surface area contributed by atoms with E-state index in [0.29, 0.717) is 11.3 Å². The van der Waals surface area contributed by atoms with Crippen LogP contribution in [0.15, 0.2) is 23.1 Å². The molecule has 0 fully saturated rings. The standard InChI is InChI=1S/C14H22N2S/c1-9-12(8-15)17-11-7-5-6-10(13(11)16-9)14(2,3)4/h5-7,9,12,16H,8,15H2,1-4H3. The lowest BCUT2D eigenvalue weighted by atomic mass is 9.85. The number of hydrogen-bond acceptors (Lipinski definition) is 3. The Morgan fingerprint density at radius 1 is 1.35 bits per heavy atom. The number of benzene rings is 1. The molecule has 94 valence electrons. The van der Waals surface area contributed by atoms with Crippen LogP contribution in [0.3, 0.4) is 0 Å². The molecule has 17 heavy (non-hydrogen) atoms. The summed E-state index contributed by atoms with van der Waals surface area (Å²) in [5.41, 5.74) is 8.69. The smallest absolute Gasteiger partial charge is 0.0518 e. The normalized spacial score (nSPS) is 24.1. The first-order valence-corrected chi connectivity index (χ1v) is 7.08. The zero-order valence-electron chi connectivity index (χ0n) is 11.1. The van der Waals surface area contributed by atoms with E-state index in [1.165, 1.54) is 16.1 Å². The van der Waals surface area contributed by atoms with Gasteiger partial charge in [-0.25, -0.2) is 0 Å². The molecule has 1 aromatic carbocycles. The summed E-state index contributed by atoms with van der Waals surface area (Å²) < 4.78 is 0. The minimum atomic E-state index is 0.175. The fourth-order valence-corrected chi connectivity index (χ4v) is 3.38. The van der Waals surface area contributed by atoms with Crippen molar-refractivity contribution >= 4 is 17.4 Å². The van der Waals surface area contributed by atoms with Crippen LogP contribution in [-0.4, -0.2) is 17.8 Å². The van der Waals surface area contributed by atoms with E-state index in [2.05, 4.69) is 51.2 Å². The zero-order valence-corrected chi connectivity index (χ0v) is 11.9. The third kappa shape index (κ3) is 2.45. The summed E-state index contributed by atoms with van der Waals surface area (Å²) in [6.07, 6.45) is 0. The summed E-state index contributed by atoms with van der Waals surface area (Å²) in [5.74, 6) is 0. The number of para-hydroxylation sites is 1. The second-order valence-electron chi connectivity index (χ2n) is 5.75. The number of fused-ring (bicyclic) bond motifs is 1. The first kappa shape index (κ1) is 12.8. The SMILES string of the molecule is CC1Nc2c(cccc2C(C)(C)C)SC1CN. The van der Waals surface area contributed by atoms with Crippen LogP contribution >= 0.6 is 11.8 Å². The van der Waals surface area contributed by atoms with Gasteiger partial charge in [0.15, 0.2) is 0 Å². The molecule has 0 saturated heterocycles. The summed E-state index contributed by atoms with van der Waals surface area (Å²) in [7, 11) is 0. The average molecular weight is 250 g/mol. The Morgan fingerprint density at radius 3 is 2.65 bits per heavy atom. The molecule has 1 heterocycles. The van der Waals surface area contributed by atoms with E-state index in [1.54, 1.807) is 0 Å². The van der Waals surface area contributed by atoms with Crippen LogP contribution in [-0.2, 0) is 5.41 Å². The summed E-state index contributed by atoms with van der Waals surface area (Å²) in [6, 6.07) is 7.00. The minimum Gasteiger partial charge on any atom is -0.380 e. The molecule has 1 aliphatic rings. The van der Waals surface area contributed by atoms with Crippen LogP contribution in [0.25, 0.3) is 0 Å². The molecule has 0 spiro atoms. The topological polar surface area (TPSA) is 38.0 Å². The molecule has 2 rings (SSSR count). The van der Waals surface area contributed by atoms with Crippen LogP contribution < -0.4 is 11.1 Å². The van der Waals surface area contributed by atoms with E-state index in [-0.39, 0.29) is 5.41 Å². The maximum atomic E-state index is 5.81. The van der Waals surface area contributed by atoms with Crippen molar-refractivity contribution < 1.29 is 0 Å². The van der Waals surface area contributed by atoms with Crippen molar-refractivity contribution in [1.29, 1.82) is 0 Å². The monoisotopic (exact) mass is 250 g/mol. The summed E-state index contributed by atoms with van der Waals surface area (Å²) >= 11 is 1.91. The van der Waals surface area contributed by atoms with Gasteiger partial charge in [0.2, 0.25) is 0 Å². The summed E-state index contributed by atoms with van der Waals surface area (Å²) in [6.45, 7) is 9.71. The van der Waals surface area contributed by atoms with E-state index < -0.39 is 0 Å². The highest BCUT2D eigenvalue weighted by Gasteiger charge is 2.28. The van der Waals surface area contributed by atoms with Crippen LogP contribution in [0, 0.1) is 0 Å². The van der Waals surface area contributed by atoms with Crippen molar-refractivity contribution in [2.24, 2.45) is 5.73 Å². The maximum absolute atomic E-state index is 5.81. The molecule has 1 aromatic rings. The third-order valence-electron chi connectivity index (χ3n) is 3.27. The highest BCUT2D eigenvalue weighted by Crippen LogP contribution is 2.42. The molecule has 1 aliphatic heterocycles. The molecule has 0 radical (unpaired) electrons. The predicted molar refractivity (Wildman–Crippen MR) is 76.9 cm³/mol. The van der Waals surface area contributed by atoms with Gasteiger partial charge in [0.1, 0.15) is 0 Å². The molecular weight excluding hydrogens is 228 g/mol. The van der Waals surface area contributed by atoms with Gasteiger partial charge in [0.25, 0.3) is 0 Å². The Balaban J connectivity index is 2.44. The van der Waals surface area contributed by atoms with E-state index in [9.17, 15) is 0 Å². The second-order valence-corrected chi connectivity index (χ2v) is 7.03. The van der Waals surface area contributed by atoms with Crippen LogP contribution in [0.1, 0.15) is 33.3 Å². The highest BCUT2D eigenvalue weighted by atomic mass is 32.2. The average Bonchev–Trinajstić information content (AvgIpc) is 2.26. The fraction of sp³-hybridized carbons (Fsp3) is 0.571. The van der Waals surface area contributed by atoms with Crippen LogP contribution in [0.2, 0.25) is 0 Å². The van der Waals surface area contributed by atoms with Gasteiger partial charge in [-0.2, -0.15) is 0 Å². The number of rotatable bonds is 1. The van der Waals surface area contributed by atoms with E-state index in [0.717, 1.165) is 6.54 Å². The largest absolute Gasteiger partial charge is 0.380 e. The molecule has 2 nitrogen and oxygen atoms in total. The molecule has 0 aliphatic carbocycles. The van der Waals surface area contributed by atoms with Gasteiger partial charge >= 0.3 is 0 Å². The first-order valence-electron chi connectivity index (χ1n) is 6.20. The number of anilines is 1. The van der Waals surface area contributed by atoms with E-state index >= 15 is 0 Å². The van der Waals surface area contributed by atoms with Crippen molar-refractivity contribution in [2.45, 2.75) is 49.3 Å². The quantitative estimate of drug-likeness (QED) is 0.803. The van der Waals surface area contributed by atoms with Crippen LogP contribution in [0.5, 0.6) is 0 Å². The Morgan fingerprint density at radius 2 is 2.06 bits per heavy atom. The Hall–Kier alpha value is -0.670. The first-order chi connectivity index (χ1) is 7.93. The number of nitrogens with one attached hydrogen (secondary N) is 1. The van der Waals surface area contributed by atoms with Gasteiger partial charge in [0, 0.05) is 22.7 Å².